The third-order valence-electron chi connectivity index (χ3n) is 6.29. The number of hydrogen-bond acceptors (Lipinski definition) is 6. The molecule has 3 rings (SSSR count). The first kappa shape index (κ1) is 29.5. The van der Waals surface area contributed by atoms with Crippen molar-refractivity contribution < 1.29 is 28.7 Å². The van der Waals surface area contributed by atoms with Gasteiger partial charge in [0.25, 0.3) is 5.91 Å². The first-order valence-corrected chi connectivity index (χ1v) is 12.9. The molecule has 0 radical (unpaired) electrons. The normalized spacial score (nSPS) is 14.5. The maximum absolute atomic E-state index is 14.1. The van der Waals surface area contributed by atoms with Crippen molar-refractivity contribution in [1.82, 2.24) is 10.2 Å². The first-order chi connectivity index (χ1) is 18.3. The molecule has 2 aromatic rings. The molecule has 1 saturated carbocycles. The largest absolute Gasteiger partial charge is 0.497 e. The van der Waals surface area contributed by atoms with E-state index in [0.717, 1.165) is 11.1 Å². The van der Waals surface area contributed by atoms with E-state index in [4.69, 9.17) is 15.2 Å². The number of anilines is 1. The molecule has 0 saturated heterocycles. The van der Waals surface area contributed by atoms with E-state index >= 15 is 0 Å². The zero-order valence-corrected chi connectivity index (χ0v) is 23.4. The van der Waals surface area contributed by atoms with Crippen LogP contribution >= 0.6 is 0 Å². The first-order valence-electron chi connectivity index (χ1n) is 12.9. The third-order valence-corrected chi connectivity index (χ3v) is 6.29. The number of nitrogens with one attached hydrogen (secondary N) is 2. The van der Waals surface area contributed by atoms with E-state index in [0.29, 0.717) is 29.8 Å². The SMILES string of the molecule is COc1ccc(NC(=O)C(c2c(C)cccc2C)N(C(=O)C(CC(N)=O)NC(=O)OC(C)(C)C)C2CC2)cc1. The summed E-state index contributed by atoms with van der Waals surface area (Å²) < 4.78 is 10.5. The third kappa shape index (κ3) is 7.95. The lowest BCUT2D eigenvalue weighted by Gasteiger charge is -2.35. The van der Waals surface area contributed by atoms with Gasteiger partial charge in [-0.05, 0) is 88.4 Å². The van der Waals surface area contributed by atoms with Gasteiger partial charge in [-0.1, -0.05) is 18.2 Å². The minimum absolute atomic E-state index is 0.251. The summed E-state index contributed by atoms with van der Waals surface area (Å²) in [5, 5.41) is 5.43. The van der Waals surface area contributed by atoms with E-state index in [9.17, 15) is 19.2 Å². The molecule has 10 heteroatoms. The van der Waals surface area contributed by atoms with E-state index in [2.05, 4.69) is 10.6 Å². The summed E-state index contributed by atoms with van der Waals surface area (Å²) in [6.45, 7) is 8.83. The van der Waals surface area contributed by atoms with Crippen LogP contribution < -0.4 is 21.1 Å². The van der Waals surface area contributed by atoms with Crippen molar-refractivity contribution in [2.24, 2.45) is 5.73 Å². The number of carbonyl (C=O) groups is 4. The van der Waals surface area contributed by atoms with Crippen molar-refractivity contribution in [1.29, 1.82) is 0 Å². The van der Waals surface area contributed by atoms with Gasteiger partial charge in [-0.2, -0.15) is 0 Å². The molecule has 4 amide bonds. The summed E-state index contributed by atoms with van der Waals surface area (Å²) in [5.41, 5.74) is 7.50. The molecule has 2 aromatic carbocycles. The number of aryl methyl sites for hydroxylation is 2. The summed E-state index contributed by atoms with van der Waals surface area (Å²) in [7, 11) is 1.55. The van der Waals surface area contributed by atoms with Gasteiger partial charge >= 0.3 is 6.09 Å². The topological polar surface area (TPSA) is 140 Å². The maximum atomic E-state index is 14.1. The zero-order chi connectivity index (χ0) is 28.9. The Kier molecular flexibility index (Phi) is 9.21. The van der Waals surface area contributed by atoms with Gasteiger partial charge in [0.1, 0.15) is 23.4 Å². The fourth-order valence-electron chi connectivity index (χ4n) is 4.44. The second-order valence-corrected chi connectivity index (χ2v) is 10.8. The number of hydrogen-bond donors (Lipinski definition) is 3. The van der Waals surface area contributed by atoms with Gasteiger partial charge in [0.15, 0.2) is 0 Å². The Bertz CT molecular complexity index is 1200. The lowest BCUT2D eigenvalue weighted by Crippen LogP contribution is -2.54. The van der Waals surface area contributed by atoms with Crippen molar-refractivity contribution in [3.8, 4) is 5.75 Å². The maximum Gasteiger partial charge on any atom is 0.408 e. The number of rotatable bonds is 10. The van der Waals surface area contributed by atoms with Crippen LogP contribution in [-0.4, -0.2) is 53.5 Å². The lowest BCUT2D eigenvalue weighted by molar-refractivity contribution is -0.142. The second-order valence-electron chi connectivity index (χ2n) is 10.8. The average molecular weight is 539 g/mol. The fraction of sp³-hybridized carbons (Fsp3) is 0.448. The molecule has 39 heavy (non-hydrogen) atoms. The number of nitrogens with two attached hydrogens (primary N) is 1. The molecule has 1 fully saturated rings. The van der Waals surface area contributed by atoms with Crippen molar-refractivity contribution >= 4 is 29.5 Å². The highest BCUT2D eigenvalue weighted by Gasteiger charge is 2.45. The van der Waals surface area contributed by atoms with E-state index in [1.807, 2.05) is 32.0 Å². The Morgan fingerprint density at radius 3 is 2.10 bits per heavy atom. The predicted octanol–water partition coefficient (Wildman–Crippen LogP) is 3.75. The van der Waals surface area contributed by atoms with Gasteiger partial charge < -0.3 is 30.7 Å². The zero-order valence-electron chi connectivity index (χ0n) is 23.4. The molecule has 0 bridgehead atoms. The number of ether oxygens (including phenoxy) is 2. The van der Waals surface area contributed by atoms with Crippen LogP contribution in [0, 0.1) is 13.8 Å². The van der Waals surface area contributed by atoms with Gasteiger partial charge in [0.05, 0.1) is 13.5 Å². The number of methoxy groups -OCH3 is 1. The van der Waals surface area contributed by atoms with Crippen molar-refractivity contribution in [2.45, 2.75) is 77.6 Å². The Labute approximate surface area is 229 Å². The van der Waals surface area contributed by atoms with E-state index in [1.165, 1.54) is 4.90 Å². The molecule has 0 spiro atoms. The van der Waals surface area contributed by atoms with Gasteiger partial charge in [0, 0.05) is 11.7 Å². The van der Waals surface area contributed by atoms with Gasteiger partial charge in [-0.15, -0.1) is 0 Å². The molecule has 0 aliphatic heterocycles. The highest BCUT2D eigenvalue weighted by atomic mass is 16.6. The summed E-state index contributed by atoms with van der Waals surface area (Å²) in [4.78, 5) is 54.1. The quantitative estimate of drug-likeness (QED) is 0.421. The second kappa shape index (κ2) is 12.2. The smallest absolute Gasteiger partial charge is 0.408 e. The van der Waals surface area contributed by atoms with Crippen molar-refractivity contribution in [3.05, 3.63) is 59.2 Å². The molecular weight excluding hydrogens is 500 g/mol. The molecule has 2 atom stereocenters. The van der Waals surface area contributed by atoms with Gasteiger partial charge in [-0.25, -0.2) is 4.79 Å². The van der Waals surface area contributed by atoms with E-state index in [1.54, 1.807) is 52.1 Å². The fourth-order valence-corrected chi connectivity index (χ4v) is 4.44. The highest BCUT2D eigenvalue weighted by molar-refractivity contribution is 6.00. The van der Waals surface area contributed by atoms with Crippen LogP contribution in [0.4, 0.5) is 10.5 Å². The molecule has 10 nitrogen and oxygen atoms in total. The van der Waals surface area contributed by atoms with Gasteiger partial charge in [0.2, 0.25) is 11.8 Å². The van der Waals surface area contributed by atoms with Crippen molar-refractivity contribution in [3.63, 3.8) is 0 Å². The van der Waals surface area contributed by atoms with Crippen LogP contribution in [0.25, 0.3) is 0 Å². The Morgan fingerprint density at radius 1 is 1.03 bits per heavy atom. The number of amides is 4. The standard InChI is InChI=1S/C29H38N4O6/c1-17-8-7-9-18(2)24(17)25(26(35)31-19-10-14-21(38-6)15-11-19)33(20-12-13-20)27(36)22(16-23(30)34)32-28(37)39-29(3,4)5/h7-11,14-15,20,22,25H,12-13,16H2,1-6H3,(H2,30,34)(H,31,35)(H,32,37). The molecule has 4 N–H and O–H groups in total. The van der Waals surface area contributed by atoms with Crippen LogP contribution in [0.1, 0.15) is 62.8 Å². The molecule has 0 aromatic heterocycles. The molecule has 0 heterocycles. The van der Waals surface area contributed by atoms with Crippen LogP contribution in [0.15, 0.2) is 42.5 Å². The van der Waals surface area contributed by atoms with Crippen molar-refractivity contribution in [2.75, 3.05) is 12.4 Å². The van der Waals surface area contributed by atoms with Crippen LogP contribution in [-0.2, 0) is 19.1 Å². The predicted molar refractivity (Wildman–Crippen MR) is 147 cm³/mol. The van der Waals surface area contributed by atoms with E-state index < -0.39 is 47.9 Å². The number of carbonyl (C=O) groups excluding carboxylic acids is 4. The van der Waals surface area contributed by atoms with Crippen LogP contribution in [0.3, 0.4) is 0 Å². The molecule has 2 unspecified atom stereocenters. The Morgan fingerprint density at radius 2 is 1.62 bits per heavy atom. The Hall–Kier alpha value is -4.08. The number of benzene rings is 2. The molecule has 210 valence electrons. The summed E-state index contributed by atoms with van der Waals surface area (Å²) in [5.74, 6) is -1.14. The minimum atomic E-state index is -1.31. The van der Waals surface area contributed by atoms with Crippen LogP contribution in [0.5, 0.6) is 5.75 Å². The minimum Gasteiger partial charge on any atom is -0.497 e. The monoisotopic (exact) mass is 538 g/mol. The summed E-state index contributed by atoms with van der Waals surface area (Å²) in [6.07, 6.45) is 0.0577. The summed E-state index contributed by atoms with van der Waals surface area (Å²) >= 11 is 0. The lowest BCUT2D eigenvalue weighted by atomic mass is 9.93. The summed E-state index contributed by atoms with van der Waals surface area (Å²) in [6, 6.07) is 9.93. The molecule has 1 aliphatic carbocycles. The molecule has 1 aliphatic rings. The van der Waals surface area contributed by atoms with Gasteiger partial charge in [-0.3, -0.25) is 14.4 Å². The Balaban J connectivity index is 2.03. The van der Waals surface area contributed by atoms with E-state index in [-0.39, 0.29) is 6.04 Å². The number of primary amides is 1. The average Bonchev–Trinajstić information content (AvgIpc) is 3.66. The molecular formula is C29H38N4O6. The number of nitrogens with zero attached hydrogens (tertiary/aromatic N) is 1. The van der Waals surface area contributed by atoms with Crippen LogP contribution in [0.2, 0.25) is 0 Å². The highest BCUT2D eigenvalue weighted by Crippen LogP contribution is 2.38. The number of alkyl carbamates (subject to hydrolysis) is 1.